The van der Waals surface area contributed by atoms with Gasteiger partial charge in [0, 0.05) is 13.6 Å². The molecule has 0 radical (unpaired) electrons. The van der Waals surface area contributed by atoms with Crippen molar-refractivity contribution in [2.24, 2.45) is 17.1 Å². The van der Waals surface area contributed by atoms with Crippen LogP contribution < -0.4 is 5.73 Å². The first-order valence-corrected chi connectivity index (χ1v) is 5.96. The summed E-state index contributed by atoms with van der Waals surface area (Å²) >= 11 is 0. The molecule has 0 aromatic heterocycles. The number of likely N-dealkylation sites (N-methyl/N-ethyl adjacent to an activating group) is 1. The van der Waals surface area contributed by atoms with Gasteiger partial charge in [-0.05, 0) is 30.7 Å². The minimum absolute atomic E-state index is 0. The maximum absolute atomic E-state index is 11.7. The van der Waals surface area contributed by atoms with Crippen LogP contribution in [0.25, 0.3) is 0 Å². The molecule has 0 heterocycles. The van der Waals surface area contributed by atoms with Gasteiger partial charge in [0.05, 0.1) is 6.61 Å². The normalized spacial score (nSPS) is 15.3. The first-order chi connectivity index (χ1) is 7.44. The van der Waals surface area contributed by atoms with E-state index in [4.69, 9.17) is 10.5 Å². The summed E-state index contributed by atoms with van der Waals surface area (Å²) in [5.41, 5.74) is 5.61. The molecule has 17 heavy (non-hydrogen) atoms. The Labute approximate surface area is 110 Å². The van der Waals surface area contributed by atoms with Gasteiger partial charge in [-0.3, -0.25) is 4.79 Å². The van der Waals surface area contributed by atoms with E-state index in [1.165, 1.54) is 12.8 Å². The van der Waals surface area contributed by atoms with Gasteiger partial charge in [-0.25, -0.2) is 0 Å². The lowest BCUT2D eigenvalue weighted by Gasteiger charge is -2.29. The van der Waals surface area contributed by atoms with E-state index in [1.807, 2.05) is 0 Å². The highest BCUT2D eigenvalue weighted by molar-refractivity contribution is 5.85. The second kappa shape index (κ2) is 7.19. The SMILES string of the molecule is CN(CC(C)(C)CN)C(=O)COCC1CC1.Cl. The molecule has 1 amide bonds. The van der Waals surface area contributed by atoms with Crippen LogP contribution in [0.3, 0.4) is 0 Å². The molecule has 0 aromatic carbocycles. The number of hydrogen-bond acceptors (Lipinski definition) is 3. The third-order valence-electron chi connectivity index (χ3n) is 2.92. The number of ether oxygens (including phenoxy) is 1. The highest BCUT2D eigenvalue weighted by Gasteiger charge is 2.23. The Morgan fingerprint density at radius 2 is 2.06 bits per heavy atom. The van der Waals surface area contributed by atoms with Crippen LogP contribution >= 0.6 is 12.4 Å². The fraction of sp³-hybridized carbons (Fsp3) is 0.917. The van der Waals surface area contributed by atoms with Crippen LogP contribution in [0.5, 0.6) is 0 Å². The van der Waals surface area contributed by atoms with Gasteiger partial charge in [-0.2, -0.15) is 0 Å². The Kier molecular flexibility index (Phi) is 7.05. The highest BCUT2D eigenvalue weighted by Crippen LogP contribution is 2.28. The fourth-order valence-corrected chi connectivity index (χ4v) is 1.50. The molecule has 0 saturated heterocycles. The lowest BCUT2D eigenvalue weighted by molar-refractivity contribution is -0.136. The lowest BCUT2D eigenvalue weighted by Crippen LogP contribution is -2.41. The molecule has 2 N–H and O–H groups in total. The second-order valence-electron chi connectivity index (χ2n) is 5.58. The summed E-state index contributed by atoms with van der Waals surface area (Å²) in [5, 5.41) is 0. The summed E-state index contributed by atoms with van der Waals surface area (Å²) in [6.07, 6.45) is 2.51. The van der Waals surface area contributed by atoms with Gasteiger partial charge in [0.25, 0.3) is 0 Å². The summed E-state index contributed by atoms with van der Waals surface area (Å²) in [6.45, 7) is 6.31. The van der Waals surface area contributed by atoms with E-state index in [2.05, 4.69) is 13.8 Å². The van der Waals surface area contributed by atoms with E-state index in [0.717, 1.165) is 6.61 Å². The Balaban J connectivity index is 0.00000256. The van der Waals surface area contributed by atoms with Crippen LogP contribution in [0.2, 0.25) is 0 Å². The number of nitrogens with zero attached hydrogens (tertiary/aromatic N) is 1. The molecule has 1 rings (SSSR count). The van der Waals surface area contributed by atoms with Gasteiger partial charge in [0.15, 0.2) is 0 Å². The number of hydrogen-bond donors (Lipinski definition) is 1. The van der Waals surface area contributed by atoms with E-state index in [0.29, 0.717) is 19.0 Å². The average Bonchev–Trinajstić information content (AvgIpc) is 3.01. The maximum atomic E-state index is 11.7. The minimum Gasteiger partial charge on any atom is -0.371 e. The Hall–Kier alpha value is -0.320. The van der Waals surface area contributed by atoms with Crippen molar-refractivity contribution in [1.29, 1.82) is 0 Å². The molecule has 0 bridgehead atoms. The Bertz CT molecular complexity index is 243. The summed E-state index contributed by atoms with van der Waals surface area (Å²) in [7, 11) is 1.81. The zero-order valence-corrected chi connectivity index (χ0v) is 11.9. The third-order valence-corrected chi connectivity index (χ3v) is 2.92. The van der Waals surface area contributed by atoms with Gasteiger partial charge >= 0.3 is 0 Å². The van der Waals surface area contributed by atoms with Crippen LogP contribution in [0.1, 0.15) is 26.7 Å². The first-order valence-electron chi connectivity index (χ1n) is 5.96. The van der Waals surface area contributed by atoms with Crippen molar-refractivity contribution in [3.05, 3.63) is 0 Å². The lowest BCUT2D eigenvalue weighted by atomic mass is 9.93. The minimum atomic E-state index is -0.0269. The molecule has 1 aliphatic rings. The molecule has 102 valence electrons. The van der Waals surface area contributed by atoms with Crippen LogP contribution in [-0.4, -0.2) is 44.2 Å². The largest absolute Gasteiger partial charge is 0.371 e. The monoisotopic (exact) mass is 264 g/mol. The smallest absolute Gasteiger partial charge is 0.248 e. The molecule has 1 saturated carbocycles. The Morgan fingerprint density at radius 1 is 1.47 bits per heavy atom. The van der Waals surface area contributed by atoms with Crippen LogP contribution in [-0.2, 0) is 9.53 Å². The van der Waals surface area contributed by atoms with Crippen molar-refractivity contribution < 1.29 is 9.53 Å². The van der Waals surface area contributed by atoms with E-state index < -0.39 is 0 Å². The van der Waals surface area contributed by atoms with E-state index >= 15 is 0 Å². The highest BCUT2D eigenvalue weighted by atomic mass is 35.5. The van der Waals surface area contributed by atoms with Gasteiger partial charge in [0.2, 0.25) is 5.91 Å². The van der Waals surface area contributed by atoms with E-state index in [1.54, 1.807) is 11.9 Å². The molecule has 4 nitrogen and oxygen atoms in total. The predicted molar refractivity (Wildman–Crippen MR) is 71.3 cm³/mol. The zero-order valence-electron chi connectivity index (χ0n) is 11.1. The summed E-state index contributed by atoms with van der Waals surface area (Å²) in [4.78, 5) is 13.4. The van der Waals surface area contributed by atoms with E-state index in [-0.39, 0.29) is 30.3 Å². The average molecular weight is 265 g/mol. The topological polar surface area (TPSA) is 55.6 Å². The molecule has 5 heteroatoms. The summed E-state index contributed by atoms with van der Waals surface area (Å²) < 4.78 is 5.37. The summed E-state index contributed by atoms with van der Waals surface area (Å²) in [6, 6.07) is 0. The Morgan fingerprint density at radius 3 is 2.53 bits per heavy atom. The number of nitrogens with two attached hydrogens (primary N) is 1. The molecular weight excluding hydrogens is 240 g/mol. The molecule has 1 aliphatic carbocycles. The molecule has 0 unspecified atom stereocenters. The standard InChI is InChI=1S/C12H24N2O2.ClH/c1-12(2,8-13)9-14(3)11(15)7-16-6-10-4-5-10;/h10H,4-9,13H2,1-3H3;1H. The number of halogens is 1. The number of amides is 1. The van der Waals surface area contributed by atoms with Crippen LogP contribution in [0.15, 0.2) is 0 Å². The molecule has 0 aliphatic heterocycles. The molecular formula is C12H25ClN2O2. The number of carbonyl (C=O) groups is 1. The van der Waals surface area contributed by atoms with Gasteiger partial charge in [-0.15, -0.1) is 12.4 Å². The maximum Gasteiger partial charge on any atom is 0.248 e. The molecule has 0 aromatic rings. The van der Waals surface area contributed by atoms with Crippen LogP contribution in [0.4, 0.5) is 0 Å². The van der Waals surface area contributed by atoms with Crippen molar-refractivity contribution in [3.63, 3.8) is 0 Å². The second-order valence-corrected chi connectivity index (χ2v) is 5.58. The molecule has 0 spiro atoms. The van der Waals surface area contributed by atoms with Crippen molar-refractivity contribution in [2.75, 3.05) is 33.4 Å². The zero-order chi connectivity index (χ0) is 12.2. The number of rotatable bonds is 7. The fourth-order valence-electron chi connectivity index (χ4n) is 1.50. The van der Waals surface area contributed by atoms with E-state index in [9.17, 15) is 4.79 Å². The third kappa shape index (κ3) is 6.86. The molecule has 1 fully saturated rings. The quantitative estimate of drug-likeness (QED) is 0.754. The van der Waals surface area contributed by atoms with Crippen LogP contribution in [0, 0.1) is 11.3 Å². The van der Waals surface area contributed by atoms with Crippen molar-refractivity contribution >= 4 is 18.3 Å². The van der Waals surface area contributed by atoms with Crippen molar-refractivity contribution in [3.8, 4) is 0 Å². The van der Waals surface area contributed by atoms with Crippen molar-refractivity contribution in [1.82, 2.24) is 4.90 Å². The summed E-state index contributed by atoms with van der Waals surface area (Å²) in [5.74, 6) is 0.751. The first kappa shape index (κ1) is 16.7. The number of carbonyl (C=O) groups excluding carboxylic acids is 1. The van der Waals surface area contributed by atoms with Crippen molar-refractivity contribution in [2.45, 2.75) is 26.7 Å². The predicted octanol–water partition coefficient (Wildman–Crippen LogP) is 1.28. The van der Waals surface area contributed by atoms with Gasteiger partial charge in [0.1, 0.15) is 6.61 Å². The molecule has 0 atom stereocenters. The van der Waals surface area contributed by atoms with Gasteiger partial charge in [-0.1, -0.05) is 13.8 Å². The van der Waals surface area contributed by atoms with Gasteiger partial charge < -0.3 is 15.4 Å².